The second-order valence-electron chi connectivity index (χ2n) is 4.40. The van der Waals surface area contributed by atoms with E-state index < -0.39 is 39.2 Å². The van der Waals surface area contributed by atoms with Crippen LogP contribution >= 0.6 is 7.82 Å². The van der Waals surface area contributed by atoms with Gasteiger partial charge in [-0.1, -0.05) is 19.8 Å². The van der Waals surface area contributed by atoms with E-state index in [0.29, 0.717) is 6.61 Å². The SMILES string of the molecule is CCCCCOC[C@H](CO)OP(=O)(O)OC[C@H](N)C(=O)O. The monoisotopic (exact) mass is 329 g/mol. The summed E-state index contributed by atoms with van der Waals surface area (Å²) in [6, 6.07) is -1.44. The number of phosphoric acid groups is 1. The van der Waals surface area contributed by atoms with Crippen LogP contribution in [0.1, 0.15) is 26.2 Å². The summed E-state index contributed by atoms with van der Waals surface area (Å²) in [4.78, 5) is 19.8. The van der Waals surface area contributed by atoms with Crippen molar-refractivity contribution in [3.8, 4) is 0 Å². The van der Waals surface area contributed by atoms with Crippen molar-refractivity contribution in [3.05, 3.63) is 0 Å². The highest BCUT2D eigenvalue weighted by molar-refractivity contribution is 7.47. The Morgan fingerprint density at radius 3 is 2.52 bits per heavy atom. The zero-order valence-electron chi connectivity index (χ0n) is 12.0. The fourth-order valence-electron chi connectivity index (χ4n) is 1.25. The number of aliphatic carboxylic acids is 1. The minimum absolute atomic E-state index is 0.0703. The maximum absolute atomic E-state index is 11.5. The molecule has 10 heteroatoms. The van der Waals surface area contributed by atoms with E-state index in [4.69, 9.17) is 20.7 Å². The summed E-state index contributed by atoms with van der Waals surface area (Å²) >= 11 is 0. The van der Waals surface area contributed by atoms with Crippen LogP contribution in [-0.2, 0) is 23.1 Å². The molecule has 0 radical (unpaired) electrons. The summed E-state index contributed by atoms with van der Waals surface area (Å²) in [6.45, 7) is 1.21. The first-order valence-corrected chi connectivity index (χ1v) is 8.14. The van der Waals surface area contributed by atoms with Gasteiger partial charge in [0.2, 0.25) is 0 Å². The summed E-state index contributed by atoms with van der Waals surface area (Å²) in [5, 5.41) is 17.6. The molecule has 0 bridgehead atoms. The molecular formula is C11H24NO8P. The summed E-state index contributed by atoms with van der Waals surface area (Å²) in [5.74, 6) is -1.37. The van der Waals surface area contributed by atoms with Crippen LogP contribution in [-0.4, -0.2) is 59.6 Å². The van der Waals surface area contributed by atoms with Crippen LogP contribution in [0.25, 0.3) is 0 Å². The molecule has 0 aliphatic carbocycles. The Kier molecular flexibility index (Phi) is 10.8. The normalized spacial score (nSPS) is 17.1. The van der Waals surface area contributed by atoms with Gasteiger partial charge in [0.25, 0.3) is 0 Å². The fourth-order valence-corrected chi connectivity index (χ4v) is 2.16. The molecule has 0 rings (SSSR count). The van der Waals surface area contributed by atoms with Crippen LogP contribution in [0.4, 0.5) is 0 Å². The average molecular weight is 329 g/mol. The average Bonchev–Trinajstić information content (AvgIpc) is 2.43. The van der Waals surface area contributed by atoms with Crippen molar-refractivity contribution in [1.29, 1.82) is 0 Å². The number of nitrogens with two attached hydrogens (primary N) is 1. The number of hydrogen-bond acceptors (Lipinski definition) is 7. The Hall–Kier alpha value is -0.540. The first-order chi connectivity index (χ1) is 9.82. The molecule has 21 heavy (non-hydrogen) atoms. The van der Waals surface area contributed by atoms with Gasteiger partial charge < -0.3 is 25.6 Å². The number of unbranched alkanes of at least 4 members (excludes halogenated alkanes) is 2. The van der Waals surface area contributed by atoms with Crippen LogP contribution in [0.15, 0.2) is 0 Å². The molecule has 0 aliphatic heterocycles. The zero-order valence-corrected chi connectivity index (χ0v) is 12.9. The molecule has 0 fully saturated rings. The van der Waals surface area contributed by atoms with E-state index in [2.05, 4.69) is 9.05 Å². The number of hydrogen-bond donors (Lipinski definition) is 4. The van der Waals surface area contributed by atoms with Gasteiger partial charge in [0, 0.05) is 6.61 Å². The molecule has 5 N–H and O–H groups in total. The molecule has 126 valence electrons. The molecule has 0 aromatic rings. The van der Waals surface area contributed by atoms with Gasteiger partial charge in [-0.25, -0.2) is 4.57 Å². The topological polar surface area (TPSA) is 149 Å². The van der Waals surface area contributed by atoms with E-state index in [1.165, 1.54) is 0 Å². The van der Waals surface area contributed by atoms with Gasteiger partial charge in [-0.15, -0.1) is 0 Å². The smallest absolute Gasteiger partial charge is 0.472 e. The molecule has 0 aliphatic rings. The maximum atomic E-state index is 11.5. The van der Waals surface area contributed by atoms with Gasteiger partial charge in [0.05, 0.1) is 19.8 Å². The number of ether oxygens (including phenoxy) is 1. The van der Waals surface area contributed by atoms with Crippen molar-refractivity contribution < 1.29 is 38.3 Å². The van der Waals surface area contributed by atoms with Crippen LogP contribution in [0, 0.1) is 0 Å². The Labute approximate surface area is 123 Å². The van der Waals surface area contributed by atoms with Crippen molar-refractivity contribution >= 4 is 13.8 Å². The van der Waals surface area contributed by atoms with E-state index >= 15 is 0 Å². The van der Waals surface area contributed by atoms with Crippen molar-refractivity contribution in [2.45, 2.75) is 38.3 Å². The second-order valence-corrected chi connectivity index (χ2v) is 5.81. The van der Waals surface area contributed by atoms with Gasteiger partial charge >= 0.3 is 13.8 Å². The number of carboxylic acids is 1. The van der Waals surface area contributed by atoms with Crippen LogP contribution in [0.2, 0.25) is 0 Å². The fraction of sp³-hybridized carbons (Fsp3) is 0.909. The first kappa shape index (κ1) is 20.5. The lowest BCUT2D eigenvalue weighted by Gasteiger charge is -2.19. The number of aliphatic hydroxyl groups is 1. The van der Waals surface area contributed by atoms with Crippen molar-refractivity contribution in [1.82, 2.24) is 0 Å². The molecule has 0 heterocycles. The van der Waals surface area contributed by atoms with E-state index in [1.54, 1.807) is 0 Å². The molecule has 0 saturated heterocycles. The third-order valence-corrected chi connectivity index (χ3v) is 3.46. The highest BCUT2D eigenvalue weighted by Crippen LogP contribution is 2.44. The lowest BCUT2D eigenvalue weighted by molar-refractivity contribution is -0.139. The number of carboxylic acid groups (broad SMARTS) is 1. The zero-order chi connectivity index (χ0) is 16.3. The lowest BCUT2D eigenvalue weighted by Crippen LogP contribution is -2.35. The Balaban J connectivity index is 4.07. The van der Waals surface area contributed by atoms with E-state index in [1.807, 2.05) is 6.92 Å². The largest absolute Gasteiger partial charge is 0.480 e. The summed E-state index contributed by atoms with van der Waals surface area (Å²) in [6.07, 6.45) is 1.84. The predicted molar refractivity (Wildman–Crippen MR) is 73.7 cm³/mol. The molecule has 9 nitrogen and oxygen atoms in total. The number of carbonyl (C=O) groups is 1. The number of aliphatic hydroxyl groups excluding tert-OH is 1. The third-order valence-electron chi connectivity index (χ3n) is 2.42. The predicted octanol–water partition coefficient (Wildman–Crippen LogP) is 0.0996. The van der Waals surface area contributed by atoms with Crippen LogP contribution < -0.4 is 5.73 Å². The van der Waals surface area contributed by atoms with Crippen molar-refractivity contribution in [2.24, 2.45) is 5.73 Å². The molecule has 0 spiro atoms. The standard InChI is InChI=1S/C11H24NO8P/c1-2-3-4-5-18-7-9(6-13)20-21(16,17)19-8-10(12)11(14)15/h9-10,13H,2-8,12H2,1H3,(H,14,15)(H,16,17)/t9-,10-/m0/s1. The van der Waals surface area contributed by atoms with Crippen molar-refractivity contribution in [2.75, 3.05) is 26.4 Å². The molecule has 0 aromatic carbocycles. The van der Waals surface area contributed by atoms with Gasteiger partial charge in [-0.2, -0.15) is 0 Å². The van der Waals surface area contributed by atoms with E-state index in [0.717, 1.165) is 19.3 Å². The van der Waals surface area contributed by atoms with Gasteiger partial charge in [-0.3, -0.25) is 13.8 Å². The van der Waals surface area contributed by atoms with Gasteiger partial charge in [0.1, 0.15) is 12.1 Å². The molecule has 0 aromatic heterocycles. The molecule has 0 saturated carbocycles. The number of rotatable bonds is 13. The first-order valence-electron chi connectivity index (χ1n) is 6.65. The van der Waals surface area contributed by atoms with E-state index in [9.17, 15) is 14.3 Å². The Morgan fingerprint density at radius 2 is 2.00 bits per heavy atom. The molecule has 0 amide bonds. The van der Waals surface area contributed by atoms with E-state index in [-0.39, 0.29) is 6.61 Å². The highest BCUT2D eigenvalue weighted by Gasteiger charge is 2.28. The summed E-state index contributed by atoms with van der Waals surface area (Å²) < 4.78 is 25.9. The van der Waals surface area contributed by atoms with Crippen molar-refractivity contribution in [3.63, 3.8) is 0 Å². The van der Waals surface area contributed by atoms with Crippen LogP contribution in [0.3, 0.4) is 0 Å². The third kappa shape index (κ3) is 10.8. The molecular weight excluding hydrogens is 305 g/mol. The highest BCUT2D eigenvalue weighted by atomic mass is 31.2. The quantitative estimate of drug-likeness (QED) is 0.272. The minimum Gasteiger partial charge on any atom is -0.480 e. The van der Waals surface area contributed by atoms with Gasteiger partial charge in [0.15, 0.2) is 0 Å². The second kappa shape index (κ2) is 11.1. The molecule has 3 atom stereocenters. The summed E-state index contributed by atoms with van der Waals surface area (Å²) in [7, 11) is -4.50. The van der Waals surface area contributed by atoms with Gasteiger partial charge in [-0.05, 0) is 6.42 Å². The minimum atomic E-state index is -4.50. The number of phosphoric ester groups is 1. The van der Waals surface area contributed by atoms with Crippen LogP contribution in [0.5, 0.6) is 0 Å². The Morgan fingerprint density at radius 1 is 1.33 bits per heavy atom. The maximum Gasteiger partial charge on any atom is 0.472 e. The Bertz CT molecular complexity index is 340. The summed E-state index contributed by atoms with van der Waals surface area (Å²) in [5.41, 5.74) is 5.13. The lowest BCUT2D eigenvalue weighted by atomic mass is 10.3. The molecule has 1 unspecified atom stereocenters.